The zero-order chi connectivity index (χ0) is 41.4. The number of rotatable bonds is 9. The molecule has 58 heavy (non-hydrogen) atoms. The second-order valence-corrected chi connectivity index (χ2v) is 15.6. The Labute approximate surface area is 336 Å². The predicted molar refractivity (Wildman–Crippen MR) is 215 cm³/mol. The second-order valence-electron chi connectivity index (χ2n) is 15.2. The molecule has 0 aromatic heterocycles. The first kappa shape index (κ1) is 38.2. The van der Waals surface area contributed by atoms with E-state index in [-0.39, 0.29) is 42.1 Å². The third-order valence-corrected chi connectivity index (χ3v) is 12.4. The summed E-state index contributed by atoms with van der Waals surface area (Å²) in [4.78, 5) is 85.7. The SMILES string of the molecule is C=CCc1cccc(C2C3=CCC4C(=O)N(c5cc([N+](=O)[O-])c(N(C)C)c([N+](=O)[O-])c5)C(=O)C4C3CC3C(=O)N(c4cccc(Cl)c4)C(=O)C32c2ccccc2)c1O. The smallest absolute Gasteiger partial charge is 0.301 e. The highest BCUT2D eigenvalue weighted by atomic mass is 35.5. The van der Waals surface area contributed by atoms with E-state index in [1.54, 1.807) is 72.8 Å². The Balaban J connectivity index is 1.35. The van der Waals surface area contributed by atoms with Crippen LogP contribution < -0.4 is 14.7 Å². The van der Waals surface area contributed by atoms with Crippen LogP contribution in [0.2, 0.25) is 5.02 Å². The van der Waals surface area contributed by atoms with Gasteiger partial charge in [-0.1, -0.05) is 83.9 Å². The van der Waals surface area contributed by atoms with E-state index in [4.69, 9.17) is 11.6 Å². The number of carbonyl (C=O) groups is 4. The van der Waals surface area contributed by atoms with Gasteiger partial charge < -0.3 is 10.0 Å². The fourth-order valence-corrected chi connectivity index (χ4v) is 10.1. The van der Waals surface area contributed by atoms with Gasteiger partial charge in [0.15, 0.2) is 5.69 Å². The van der Waals surface area contributed by atoms with Gasteiger partial charge in [-0.2, -0.15) is 0 Å². The summed E-state index contributed by atoms with van der Waals surface area (Å²) in [5.41, 5.74) is -1.41. The Morgan fingerprint density at radius 1 is 0.862 bits per heavy atom. The summed E-state index contributed by atoms with van der Waals surface area (Å²) in [5, 5.41) is 36.8. The van der Waals surface area contributed by atoms with Crippen molar-refractivity contribution in [3.8, 4) is 5.75 Å². The number of allylic oxidation sites excluding steroid dienone is 3. The molecule has 15 heteroatoms. The predicted octanol–water partition coefficient (Wildman–Crippen LogP) is 7.02. The Hall–Kier alpha value is -6.67. The van der Waals surface area contributed by atoms with E-state index in [9.17, 15) is 34.9 Å². The van der Waals surface area contributed by atoms with E-state index in [1.807, 2.05) is 6.08 Å². The molecule has 1 N–H and O–H groups in total. The van der Waals surface area contributed by atoms with Crippen LogP contribution in [0.4, 0.5) is 28.4 Å². The van der Waals surface area contributed by atoms with E-state index in [2.05, 4.69) is 6.58 Å². The third-order valence-electron chi connectivity index (χ3n) is 12.1. The maximum Gasteiger partial charge on any atom is 0.301 e. The van der Waals surface area contributed by atoms with Crippen molar-refractivity contribution in [3.05, 3.63) is 151 Å². The first-order chi connectivity index (χ1) is 27.7. The zero-order valence-electron chi connectivity index (χ0n) is 31.3. The van der Waals surface area contributed by atoms with Gasteiger partial charge in [0.2, 0.25) is 23.6 Å². The molecule has 2 aliphatic carbocycles. The van der Waals surface area contributed by atoms with Crippen molar-refractivity contribution < 1.29 is 34.1 Å². The number of halogens is 1. The summed E-state index contributed by atoms with van der Waals surface area (Å²) in [6, 6.07) is 22.4. The Bertz CT molecular complexity index is 2490. The number of hydrogen-bond donors (Lipinski definition) is 1. The lowest BCUT2D eigenvalue weighted by atomic mass is 9.49. The molecule has 2 saturated heterocycles. The van der Waals surface area contributed by atoms with Gasteiger partial charge in [-0.25, -0.2) is 9.80 Å². The Morgan fingerprint density at radius 3 is 2.16 bits per heavy atom. The molecule has 4 aromatic rings. The molecule has 14 nitrogen and oxygen atoms in total. The summed E-state index contributed by atoms with van der Waals surface area (Å²) < 4.78 is 0. The van der Waals surface area contributed by atoms with Crippen LogP contribution in [0.25, 0.3) is 0 Å². The van der Waals surface area contributed by atoms with Gasteiger partial charge in [-0.15, -0.1) is 6.58 Å². The molecular formula is C43H36ClN5O9. The highest BCUT2D eigenvalue weighted by Gasteiger charge is 2.70. The minimum Gasteiger partial charge on any atom is -0.507 e. The average molecular weight is 802 g/mol. The molecule has 0 radical (unpaired) electrons. The monoisotopic (exact) mass is 801 g/mol. The van der Waals surface area contributed by atoms with Crippen LogP contribution in [0.15, 0.2) is 109 Å². The fraction of sp³-hybridized carbons (Fsp3) is 0.256. The minimum absolute atomic E-state index is 0.0107. The standard InChI is InChI=1S/C43H36ClN5O9/c1-4-10-23-11-8-16-30(38(23)50)36-28-17-18-29-35(41(53)46(39(29)51)27-20-33(48(55)56)37(45(2)3)34(21-27)49(57)58)31(28)22-32-40(52)47(26-15-9-14-25(44)19-26)42(54)43(32,36)24-12-6-5-7-13-24/h4-9,11-17,19-21,29,31-32,35-36,50H,1,10,18,22H2,2-3H3. The lowest BCUT2D eigenvalue weighted by molar-refractivity contribution is -0.392. The molecule has 4 amide bonds. The lowest BCUT2D eigenvalue weighted by Crippen LogP contribution is -2.53. The molecule has 8 rings (SSSR count). The normalized spacial score (nSPS) is 24.9. The van der Waals surface area contributed by atoms with E-state index >= 15 is 9.59 Å². The minimum atomic E-state index is -1.64. The van der Waals surface area contributed by atoms with Crippen LogP contribution in [-0.4, -0.2) is 52.7 Å². The number of nitro groups is 2. The first-order valence-electron chi connectivity index (χ1n) is 18.6. The van der Waals surface area contributed by atoms with Crippen molar-refractivity contribution in [2.45, 2.75) is 30.6 Å². The number of nitro benzene ring substituents is 2. The molecule has 3 fully saturated rings. The molecule has 6 unspecified atom stereocenters. The first-order valence-corrected chi connectivity index (χ1v) is 18.9. The zero-order valence-corrected chi connectivity index (χ0v) is 32.0. The highest BCUT2D eigenvalue weighted by Crippen LogP contribution is 2.65. The van der Waals surface area contributed by atoms with Crippen molar-refractivity contribution in [3.63, 3.8) is 0 Å². The maximum absolute atomic E-state index is 15.5. The molecule has 1 saturated carbocycles. The number of imide groups is 2. The van der Waals surface area contributed by atoms with Gasteiger partial charge in [0, 0.05) is 42.7 Å². The topological polar surface area (TPSA) is 185 Å². The van der Waals surface area contributed by atoms with Crippen molar-refractivity contribution in [2.75, 3.05) is 28.8 Å². The van der Waals surface area contributed by atoms with Crippen molar-refractivity contribution in [2.24, 2.45) is 23.7 Å². The van der Waals surface area contributed by atoms with Crippen molar-refractivity contribution >= 4 is 63.7 Å². The number of amides is 4. The number of phenols is 1. The molecule has 294 valence electrons. The number of phenolic OH excluding ortho intramolecular Hbond substituents is 1. The Morgan fingerprint density at radius 2 is 1.53 bits per heavy atom. The van der Waals surface area contributed by atoms with Gasteiger partial charge >= 0.3 is 11.4 Å². The number of fused-ring (bicyclic) bond motifs is 4. The summed E-state index contributed by atoms with van der Waals surface area (Å²) in [7, 11) is 2.82. The van der Waals surface area contributed by atoms with E-state index in [0.717, 1.165) is 21.9 Å². The third kappa shape index (κ3) is 5.46. The Kier molecular flexibility index (Phi) is 9.26. The fourth-order valence-electron chi connectivity index (χ4n) is 9.96. The molecule has 0 bridgehead atoms. The van der Waals surface area contributed by atoms with Crippen LogP contribution in [0.3, 0.4) is 0 Å². The number of aromatic hydroxyl groups is 1. The van der Waals surface area contributed by atoms with Crippen LogP contribution in [0, 0.1) is 43.9 Å². The summed E-state index contributed by atoms with van der Waals surface area (Å²) in [6.07, 6.45) is 3.68. The molecule has 2 heterocycles. The molecule has 4 aliphatic rings. The number of benzene rings is 4. The van der Waals surface area contributed by atoms with Crippen LogP contribution in [-0.2, 0) is 31.0 Å². The van der Waals surface area contributed by atoms with E-state index in [0.29, 0.717) is 27.3 Å². The lowest BCUT2D eigenvalue weighted by Gasteiger charge is -2.50. The van der Waals surface area contributed by atoms with Gasteiger partial charge in [0.25, 0.3) is 0 Å². The number of anilines is 3. The largest absolute Gasteiger partial charge is 0.507 e. The number of hydrogen-bond acceptors (Lipinski definition) is 10. The summed E-state index contributed by atoms with van der Waals surface area (Å²) in [5.74, 6) is -7.74. The van der Waals surface area contributed by atoms with Gasteiger partial charge in [0.1, 0.15) is 5.75 Å². The van der Waals surface area contributed by atoms with Gasteiger partial charge in [-0.3, -0.25) is 39.4 Å². The van der Waals surface area contributed by atoms with Crippen molar-refractivity contribution in [1.29, 1.82) is 0 Å². The molecule has 0 spiro atoms. The maximum atomic E-state index is 15.5. The van der Waals surface area contributed by atoms with Gasteiger partial charge in [0.05, 0.1) is 44.4 Å². The number of para-hydroxylation sites is 1. The van der Waals surface area contributed by atoms with Crippen LogP contribution >= 0.6 is 11.6 Å². The van der Waals surface area contributed by atoms with Crippen molar-refractivity contribution in [1.82, 2.24) is 0 Å². The second kappa shape index (κ2) is 14.1. The summed E-state index contributed by atoms with van der Waals surface area (Å²) >= 11 is 6.40. The molecular weight excluding hydrogens is 766 g/mol. The quantitative estimate of drug-likeness (QED) is 0.0798. The van der Waals surface area contributed by atoms with Crippen LogP contribution in [0.1, 0.15) is 35.4 Å². The molecule has 4 aromatic carbocycles. The highest BCUT2D eigenvalue weighted by molar-refractivity contribution is 6.32. The van der Waals surface area contributed by atoms with E-state index in [1.165, 1.54) is 25.1 Å². The summed E-state index contributed by atoms with van der Waals surface area (Å²) in [6.45, 7) is 3.83. The van der Waals surface area contributed by atoms with Crippen LogP contribution in [0.5, 0.6) is 5.75 Å². The van der Waals surface area contributed by atoms with E-state index < -0.39 is 79.9 Å². The molecule has 2 aliphatic heterocycles. The van der Waals surface area contributed by atoms with Gasteiger partial charge in [-0.05, 0) is 54.5 Å². The number of carbonyl (C=O) groups excluding carboxylic acids is 4. The number of nitrogens with zero attached hydrogens (tertiary/aromatic N) is 5. The molecule has 6 atom stereocenters. The average Bonchev–Trinajstić information content (AvgIpc) is 3.59.